The van der Waals surface area contributed by atoms with Crippen LogP contribution < -0.4 is 5.56 Å². The molecule has 12 heteroatoms. The monoisotopic (exact) mass is 433 g/mol. The summed E-state index contributed by atoms with van der Waals surface area (Å²) in [6.07, 6.45) is -1.71. The van der Waals surface area contributed by atoms with E-state index in [9.17, 15) is 22.8 Å². The highest BCUT2D eigenvalue weighted by Gasteiger charge is 2.30. The van der Waals surface area contributed by atoms with E-state index >= 15 is 0 Å². The lowest BCUT2D eigenvalue weighted by atomic mass is 10.2. The third-order valence-electron chi connectivity index (χ3n) is 4.15. The quantitative estimate of drug-likeness (QED) is 0.491. The number of nitrogens with one attached hydrogen (secondary N) is 1. The molecular weight excluding hydrogens is 419 g/mol. The van der Waals surface area contributed by atoms with Crippen molar-refractivity contribution in [3.63, 3.8) is 0 Å². The average molecular weight is 433 g/mol. The maximum atomic E-state index is 12.8. The number of aromatic amines is 1. The average Bonchev–Trinajstić information content (AvgIpc) is 3.34. The van der Waals surface area contributed by atoms with Gasteiger partial charge in [0.25, 0.3) is 5.56 Å². The first-order valence-corrected chi connectivity index (χ1v) is 8.95. The molecule has 0 saturated heterocycles. The molecule has 0 aliphatic heterocycles. The Morgan fingerprint density at radius 1 is 1.19 bits per heavy atom. The highest BCUT2D eigenvalue weighted by atomic mass is 19.4. The largest absolute Gasteiger partial charge is 0.457 e. The van der Waals surface area contributed by atoms with Crippen molar-refractivity contribution in [3.8, 4) is 22.8 Å². The predicted octanol–water partition coefficient (Wildman–Crippen LogP) is 3.32. The van der Waals surface area contributed by atoms with Crippen LogP contribution in [0.5, 0.6) is 0 Å². The molecule has 9 nitrogen and oxygen atoms in total. The van der Waals surface area contributed by atoms with Crippen LogP contribution in [0, 0.1) is 0 Å². The number of nitrogens with zero attached hydrogens (tertiary/aromatic N) is 4. The van der Waals surface area contributed by atoms with Gasteiger partial charge in [0.15, 0.2) is 5.65 Å². The van der Waals surface area contributed by atoms with E-state index in [1.807, 2.05) is 0 Å². The van der Waals surface area contributed by atoms with Gasteiger partial charge in [-0.05, 0) is 26.0 Å². The topological polar surface area (TPSA) is 115 Å². The number of carbonyl (C=O) groups is 1. The van der Waals surface area contributed by atoms with E-state index in [2.05, 4.69) is 20.1 Å². The normalized spacial score (nSPS) is 11.9. The molecule has 0 amide bonds. The second kappa shape index (κ2) is 7.38. The van der Waals surface area contributed by atoms with Crippen molar-refractivity contribution in [3.05, 3.63) is 58.5 Å². The van der Waals surface area contributed by atoms with Crippen LogP contribution in [0.4, 0.5) is 13.2 Å². The van der Waals surface area contributed by atoms with Crippen molar-refractivity contribution in [1.29, 1.82) is 0 Å². The zero-order valence-electron chi connectivity index (χ0n) is 16.1. The molecule has 0 bridgehead atoms. The van der Waals surface area contributed by atoms with Crippen LogP contribution in [0.3, 0.4) is 0 Å². The Morgan fingerprint density at radius 2 is 1.97 bits per heavy atom. The van der Waals surface area contributed by atoms with Crippen LogP contribution in [0.1, 0.15) is 30.0 Å². The highest BCUT2D eigenvalue weighted by molar-refractivity contribution is 5.87. The Balaban J connectivity index is 1.75. The molecule has 0 aliphatic carbocycles. The summed E-state index contributed by atoms with van der Waals surface area (Å²) in [6, 6.07) is 3.16. The molecular formula is C19H14F3N5O4. The maximum Gasteiger partial charge on any atom is 0.417 e. The number of esters is 1. The van der Waals surface area contributed by atoms with Crippen LogP contribution >= 0.6 is 0 Å². The summed E-state index contributed by atoms with van der Waals surface area (Å²) in [6.45, 7) is 3.37. The first kappa shape index (κ1) is 20.3. The number of alkyl halides is 3. The van der Waals surface area contributed by atoms with Gasteiger partial charge in [-0.3, -0.25) is 9.78 Å². The van der Waals surface area contributed by atoms with Gasteiger partial charge in [-0.1, -0.05) is 0 Å². The minimum atomic E-state index is -4.53. The minimum absolute atomic E-state index is 0.00103. The van der Waals surface area contributed by atoms with Gasteiger partial charge >= 0.3 is 12.1 Å². The third kappa shape index (κ3) is 3.91. The summed E-state index contributed by atoms with van der Waals surface area (Å²) < 4.78 is 49.8. The van der Waals surface area contributed by atoms with Gasteiger partial charge in [0.1, 0.15) is 5.56 Å². The fourth-order valence-corrected chi connectivity index (χ4v) is 2.76. The van der Waals surface area contributed by atoms with Crippen LogP contribution in [-0.2, 0) is 10.9 Å². The molecule has 0 aromatic carbocycles. The van der Waals surface area contributed by atoms with Gasteiger partial charge in [-0.25, -0.2) is 9.78 Å². The SMILES string of the molecule is CC(C)OC(=O)c1cnc(-c2cnn3c(=O)cc(-c4ccc(C(F)(F)F)cn4)[nH]c23)o1. The Kier molecular flexibility index (Phi) is 4.84. The van der Waals surface area contributed by atoms with Crippen LogP contribution in [0.15, 0.2) is 46.0 Å². The van der Waals surface area contributed by atoms with Gasteiger partial charge in [0.2, 0.25) is 11.7 Å². The lowest BCUT2D eigenvalue weighted by molar-refractivity contribution is -0.137. The van der Waals surface area contributed by atoms with E-state index in [-0.39, 0.29) is 40.4 Å². The number of rotatable bonds is 4. The van der Waals surface area contributed by atoms with E-state index in [0.717, 1.165) is 22.7 Å². The Hall–Kier alpha value is -3.96. The molecule has 4 rings (SSSR count). The van der Waals surface area contributed by atoms with Crippen molar-refractivity contribution >= 4 is 11.6 Å². The van der Waals surface area contributed by atoms with Crippen LogP contribution in [0.25, 0.3) is 28.5 Å². The summed E-state index contributed by atoms with van der Waals surface area (Å²) >= 11 is 0. The van der Waals surface area contributed by atoms with E-state index < -0.39 is 23.3 Å². The first-order chi connectivity index (χ1) is 14.6. The Bertz CT molecular complexity index is 1320. The number of fused-ring (bicyclic) bond motifs is 1. The summed E-state index contributed by atoms with van der Waals surface area (Å²) in [7, 11) is 0. The molecule has 31 heavy (non-hydrogen) atoms. The molecule has 4 aromatic rings. The van der Waals surface area contributed by atoms with Crippen LogP contribution in [0.2, 0.25) is 0 Å². The molecule has 0 fully saturated rings. The second-order valence-electron chi connectivity index (χ2n) is 6.75. The van der Waals surface area contributed by atoms with Gasteiger partial charge in [-0.2, -0.15) is 22.8 Å². The number of hydrogen-bond donors (Lipinski definition) is 1. The number of aromatic nitrogens is 5. The fraction of sp³-hybridized carbons (Fsp3) is 0.211. The first-order valence-electron chi connectivity index (χ1n) is 8.95. The summed E-state index contributed by atoms with van der Waals surface area (Å²) in [5.74, 6) is -0.835. The molecule has 4 aromatic heterocycles. The number of oxazole rings is 1. The van der Waals surface area contributed by atoms with Gasteiger partial charge in [0, 0.05) is 12.3 Å². The van der Waals surface area contributed by atoms with Crippen molar-refractivity contribution in [2.75, 3.05) is 0 Å². The Labute approximate surface area is 171 Å². The molecule has 0 aliphatic rings. The number of halogens is 3. The van der Waals surface area contributed by atoms with Crippen molar-refractivity contribution in [1.82, 2.24) is 24.6 Å². The predicted molar refractivity (Wildman–Crippen MR) is 100 cm³/mol. The number of ether oxygens (including phenoxy) is 1. The number of carbonyl (C=O) groups excluding carboxylic acids is 1. The lowest BCUT2D eigenvalue weighted by Gasteiger charge is -2.07. The molecule has 0 saturated carbocycles. The van der Waals surface area contributed by atoms with Gasteiger partial charge in [0.05, 0.1) is 35.4 Å². The second-order valence-corrected chi connectivity index (χ2v) is 6.75. The van der Waals surface area contributed by atoms with E-state index in [1.54, 1.807) is 13.8 Å². The summed E-state index contributed by atoms with van der Waals surface area (Å²) in [5, 5.41) is 3.97. The summed E-state index contributed by atoms with van der Waals surface area (Å²) in [5.41, 5.74) is -0.760. The maximum absolute atomic E-state index is 12.8. The third-order valence-corrected chi connectivity index (χ3v) is 4.15. The number of hydrogen-bond acceptors (Lipinski definition) is 7. The summed E-state index contributed by atoms with van der Waals surface area (Å²) in [4.78, 5) is 35.1. The highest BCUT2D eigenvalue weighted by Crippen LogP contribution is 2.30. The number of pyridine rings is 1. The van der Waals surface area contributed by atoms with Crippen molar-refractivity contribution < 1.29 is 27.1 Å². The van der Waals surface area contributed by atoms with Crippen molar-refractivity contribution in [2.45, 2.75) is 26.1 Å². The zero-order chi connectivity index (χ0) is 22.3. The van der Waals surface area contributed by atoms with Crippen molar-refractivity contribution in [2.24, 2.45) is 0 Å². The molecule has 160 valence electrons. The van der Waals surface area contributed by atoms with Gasteiger partial charge < -0.3 is 14.1 Å². The van der Waals surface area contributed by atoms with E-state index in [0.29, 0.717) is 6.20 Å². The molecule has 4 heterocycles. The molecule has 0 spiro atoms. The molecule has 0 atom stereocenters. The van der Waals surface area contributed by atoms with E-state index in [4.69, 9.17) is 9.15 Å². The molecule has 0 radical (unpaired) electrons. The standard InChI is InChI=1S/C19H14F3N5O4/c1-9(2)30-18(29)14-8-24-17(31-14)11-7-25-27-15(28)5-13(26-16(11)27)12-4-3-10(6-23-12)19(20,21)22/h3-9,26H,1-2H3. The fourth-order valence-electron chi connectivity index (χ4n) is 2.76. The molecule has 0 unspecified atom stereocenters. The zero-order valence-corrected chi connectivity index (χ0v) is 16.1. The Morgan fingerprint density at radius 3 is 2.61 bits per heavy atom. The van der Waals surface area contributed by atoms with Gasteiger partial charge in [-0.15, -0.1) is 0 Å². The number of H-pyrrole nitrogens is 1. The van der Waals surface area contributed by atoms with E-state index in [1.165, 1.54) is 12.4 Å². The van der Waals surface area contributed by atoms with Crippen LogP contribution in [-0.4, -0.2) is 36.6 Å². The lowest BCUT2D eigenvalue weighted by Crippen LogP contribution is -2.14. The molecule has 1 N–H and O–H groups in total. The minimum Gasteiger partial charge on any atom is -0.457 e. The smallest absolute Gasteiger partial charge is 0.417 e.